The van der Waals surface area contributed by atoms with Crippen molar-refractivity contribution < 1.29 is 12.9 Å². The molecule has 0 aliphatic carbocycles. The molecule has 0 saturated heterocycles. The highest BCUT2D eigenvalue weighted by Crippen LogP contribution is 2.22. The van der Waals surface area contributed by atoms with Gasteiger partial charge in [-0.15, -0.1) is 0 Å². The Labute approximate surface area is 106 Å². The normalized spacial score (nSPS) is 11.4. The Kier molecular flexibility index (Phi) is 3.16. The molecule has 8 heteroatoms. The predicted octanol–water partition coefficient (Wildman–Crippen LogP) is 1.94. The Bertz CT molecular complexity index is 638. The van der Waals surface area contributed by atoms with Gasteiger partial charge in [-0.1, -0.05) is 12.1 Å². The molecule has 0 spiro atoms. The zero-order chi connectivity index (χ0) is 12.5. The summed E-state index contributed by atoms with van der Waals surface area (Å²) in [5.74, 6) is 0.202. The molecule has 0 atom stereocenters. The fraction of sp³-hybridized carbons (Fsp3) is 0.111. The van der Waals surface area contributed by atoms with Gasteiger partial charge in [0.25, 0.3) is 16.0 Å². The van der Waals surface area contributed by atoms with Crippen molar-refractivity contribution in [2.45, 2.75) is 11.8 Å². The van der Waals surface area contributed by atoms with Gasteiger partial charge in [-0.2, -0.15) is 4.98 Å². The lowest BCUT2D eigenvalue weighted by atomic mass is 10.4. The number of benzene rings is 1. The highest BCUT2D eigenvalue weighted by atomic mass is 79.9. The minimum atomic E-state index is -3.71. The quantitative estimate of drug-likeness (QED) is 0.935. The molecular weight excluding hydrogens is 310 g/mol. The third-order valence-electron chi connectivity index (χ3n) is 1.88. The van der Waals surface area contributed by atoms with Crippen molar-refractivity contribution >= 4 is 31.9 Å². The summed E-state index contributed by atoms with van der Waals surface area (Å²) in [6.07, 6.45) is 0. The van der Waals surface area contributed by atoms with Gasteiger partial charge in [-0.25, -0.2) is 13.1 Å². The molecule has 0 bridgehead atoms. The average molecular weight is 318 g/mol. The average Bonchev–Trinajstić information content (AvgIpc) is 2.63. The van der Waals surface area contributed by atoms with Gasteiger partial charge in [0.2, 0.25) is 5.89 Å². The Morgan fingerprint density at radius 1 is 1.35 bits per heavy atom. The number of anilines is 1. The maximum Gasteiger partial charge on any atom is 0.277 e. The molecule has 17 heavy (non-hydrogen) atoms. The van der Waals surface area contributed by atoms with Gasteiger partial charge < -0.3 is 4.52 Å². The van der Waals surface area contributed by atoms with Crippen LogP contribution in [-0.2, 0) is 10.0 Å². The molecule has 6 nitrogen and oxygen atoms in total. The van der Waals surface area contributed by atoms with Crippen molar-refractivity contribution in [3.63, 3.8) is 0 Å². The van der Waals surface area contributed by atoms with E-state index < -0.39 is 10.0 Å². The number of nitrogens with zero attached hydrogens (tertiary/aromatic N) is 2. The first-order chi connectivity index (χ1) is 7.99. The number of rotatable bonds is 3. The maximum atomic E-state index is 12.0. The van der Waals surface area contributed by atoms with Crippen LogP contribution in [0, 0.1) is 6.92 Å². The highest BCUT2D eigenvalue weighted by Gasteiger charge is 2.19. The number of aromatic nitrogens is 2. The number of hydrogen-bond donors (Lipinski definition) is 1. The van der Waals surface area contributed by atoms with Crippen LogP contribution in [0.1, 0.15) is 5.89 Å². The predicted molar refractivity (Wildman–Crippen MR) is 64.0 cm³/mol. The van der Waals surface area contributed by atoms with Crippen molar-refractivity contribution in [3.05, 3.63) is 34.6 Å². The molecule has 1 aromatic heterocycles. The summed E-state index contributed by atoms with van der Waals surface area (Å²) in [5, 5.41) is 3.46. The molecule has 2 aromatic rings. The monoisotopic (exact) mass is 317 g/mol. The Balaban J connectivity index is 2.35. The van der Waals surface area contributed by atoms with Crippen molar-refractivity contribution in [2.75, 3.05) is 4.72 Å². The molecule has 1 N–H and O–H groups in total. The second kappa shape index (κ2) is 4.46. The topological polar surface area (TPSA) is 85.1 Å². The van der Waals surface area contributed by atoms with Crippen molar-refractivity contribution in [1.82, 2.24) is 10.1 Å². The van der Waals surface area contributed by atoms with E-state index in [-0.39, 0.29) is 16.7 Å². The van der Waals surface area contributed by atoms with E-state index in [0.29, 0.717) is 4.47 Å². The number of halogens is 1. The lowest BCUT2D eigenvalue weighted by molar-refractivity contribution is 0.395. The van der Waals surface area contributed by atoms with E-state index in [1.165, 1.54) is 6.07 Å². The molecule has 1 aromatic carbocycles. The van der Waals surface area contributed by atoms with E-state index in [1.54, 1.807) is 25.1 Å². The van der Waals surface area contributed by atoms with E-state index in [2.05, 4.69) is 35.3 Å². The van der Waals surface area contributed by atoms with Gasteiger partial charge in [0.15, 0.2) is 0 Å². The maximum absolute atomic E-state index is 12.0. The number of aryl methyl sites for hydroxylation is 1. The van der Waals surface area contributed by atoms with Crippen LogP contribution in [0.5, 0.6) is 0 Å². The second-order valence-electron chi connectivity index (χ2n) is 3.17. The molecule has 0 radical (unpaired) electrons. The minimum Gasteiger partial charge on any atom is -0.338 e. The van der Waals surface area contributed by atoms with Crippen LogP contribution >= 0.6 is 15.9 Å². The van der Waals surface area contributed by atoms with E-state index in [9.17, 15) is 8.42 Å². The largest absolute Gasteiger partial charge is 0.338 e. The summed E-state index contributed by atoms with van der Waals surface area (Å²) < 4.78 is 31.3. The zero-order valence-electron chi connectivity index (χ0n) is 8.71. The molecule has 0 fully saturated rings. The standard InChI is InChI=1S/C9H8BrN3O3S/c1-6-11-9(12-16-6)13-17(14,15)8-5-3-2-4-7(8)10/h2-5H,1H3,(H,12,13). The lowest BCUT2D eigenvalue weighted by Crippen LogP contribution is -2.14. The summed E-state index contributed by atoms with van der Waals surface area (Å²) in [6.45, 7) is 1.57. The molecule has 0 aliphatic heterocycles. The molecule has 0 unspecified atom stereocenters. The summed E-state index contributed by atoms with van der Waals surface area (Å²) in [6, 6.07) is 6.46. The van der Waals surface area contributed by atoms with E-state index in [0.717, 1.165) is 0 Å². The third-order valence-corrected chi connectivity index (χ3v) is 4.22. The summed E-state index contributed by atoms with van der Waals surface area (Å²) in [5.41, 5.74) is 0. The van der Waals surface area contributed by atoms with Gasteiger partial charge in [0, 0.05) is 11.4 Å². The van der Waals surface area contributed by atoms with Crippen molar-refractivity contribution in [1.29, 1.82) is 0 Å². The first kappa shape index (κ1) is 12.1. The van der Waals surface area contributed by atoms with Crippen LogP contribution in [-0.4, -0.2) is 18.6 Å². The SMILES string of the molecule is Cc1nc(NS(=O)(=O)c2ccccc2Br)no1. The Hall–Kier alpha value is -1.41. The van der Waals surface area contributed by atoms with Crippen LogP contribution in [0.2, 0.25) is 0 Å². The zero-order valence-corrected chi connectivity index (χ0v) is 11.1. The fourth-order valence-corrected chi connectivity index (χ4v) is 3.12. The molecular formula is C9H8BrN3O3S. The minimum absolute atomic E-state index is 0.0850. The van der Waals surface area contributed by atoms with Gasteiger partial charge in [-0.3, -0.25) is 0 Å². The number of hydrogen-bond acceptors (Lipinski definition) is 5. The molecule has 1 heterocycles. The second-order valence-corrected chi connectivity index (χ2v) is 5.68. The van der Waals surface area contributed by atoms with Gasteiger partial charge in [-0.05, 0) is 33.2 Å². The van der Waals surface area contributed by atoms with Crippen LogP contribution in [0.4, 0.5) is 5.95 Å². The first-order valence-corrected chi connectivity index (χ1v) is 6.84. The fourth-order valence-electron chi connectivity index (χ4n) is 1.18. The third kappa shape index (κ3) is 2.64. The Morgan fingerprint density at radius 2 is 2.06 bits per heavy atom. The number of sulfonamides is 1. The molecule has 0 amide bonds. The summed E-state index contributed by atoms with van der Waals surface area (Å²) in [7, 11) is -3.71. The van der Waals surface area contributed by atoms with Crippen LogP contribution in [0.15, 0.2) is 38.2 Å². The van der Waals surface area contributed by atoms with Gasteiger partial charge in [0.1, 0.15) is 4.90 Å². The lowest BCUT2D eigenvalue weighted by Gasteiger charge is -2.05. The van der Waals surface area contributed by atoms with E-state index in [4.69, 9.17) is 0 Å². The van der Waals surface area contributed by atoms with Crippen LogP contribution in [0.25, 0.3) is 0 Å². The van der Waals surface area contributed by atoms with Gasteiger partial charge >= 0.3 is 0 Å². The summed E-state index contributed by atoms with van der Waals surface area (Å²) in [4.78, 5) is 3.88. The molecule has 0 saturated carbocycles. The number of nitrogens with one attached hydrogen (secondary N) is 1. The van der Waals surface area contributed by atoms with Crippen LogP contribution in [0.3, 0.4) is 0 Å². The van der Waals surface area contributed by atoms with E-state index >= 15 is 0 Å². The highest BCUT2D eigenvalue weighted by molar-refractivity contribution is 9.10. The van der Waals surface area contributed by atoms with Crippen molar-refractivity contribution in [2.24, 2.45) is 0 Å². The first-order valence-electron chi connectivity index (χ1n) is 4.57. The molecule has 0 aliphatic rings. The van der Waals surface area contributed by atoms with Crippen LogP contribution < -0.4 is 4.72 Å². The molecule has 2 rings (SSSR count). The Morgan fingerprint density at radius 3 is 2.65 bits per heavy atom. The van der Waals surface area contributed by atoms with E-state index in [1.807, 2.05) is 0 Å². The van der Waals surface area contributed by atoms with Crippen molar-refractivity contribution in [3.8, 4) is 0 Å². The molecule has 90 valence electrons. The van der Waals surface area contributed by atoms with Gasteiger partial charge in [0.05, 0.1) is 0 Å². The summed E-state index contributed by atoms with van der Waals surface area (Å²) >= 11 is 3.17. The smallest absolute Gasteiger partial charge is 0.277 e.